The Labute approximate surface area is 201 Å². The number of carbonyl (C=O) groups is 1. The van der Waals surface area contributed by atoms with Crippen molar-refractivity contribution >= 4 is 11.4 Å². The van der Waals surface area contributed by atoms with Gasteiger partial charge in [-0.1, -0.05) is 94.5 Å². The molecule has 2 aliphatic carbocycles. The first-order valence-corrected chi connectivity index (χ1v) is 12.8. The average molecular weight is 441 g/mol. The highest BCUT2D eigenvalue weighted by Crippen LogP contribution is 2.40. The Hall–Kier alpha value is -2.41. The molecule has 1 nitrogen and oxygen atoms in total. The summed E-state index contributed by atoms with van der Waals surface area (Å²) >= 11 is 0. The molecule has 2 aliphatic rings. The first-order valence-electron chi connectivity index (χ1n) is 12.8. The average Bonchev–Trinajstić information content (AvgIpc) is 3.21. The lowest BCUT2D eigenvalue weighted by atomic mass is 9.71. The molecule has 174 valence electrons. The van der Waals surface area contributed by atoms with Gasteiger partial charge in [-0.05, 0) is 90.0 Å². The van der Waals surface area contributed by atoms with Crippen molar-refractivity contribution in [3.8, 4) is 0 Å². The van der Waals surface area contributed by atoms with E-state index in [9.17, 15) is 4.79 Å². The molecule has 2 atom stereocenters. The van der Waals surface area contributed by atoms with Crippen molar-refractivity contribution in [2.75, 3.05) is 0 Å². The summed E-state index contributed by atoms with van der Waals surface area (Å²) in [6.45, 7) is 10.8. The molecule has 2 unspecified atom stereocenters. The topological polar surface area (TPSA) is 17.1 Å². The van der Waals surface area contributed by atoms with Crippen LogP contribution >= 0.6 is 0 Å². The molecule has 0 heterocycles. The van der Waals surface area contributed by atoms with Crippen LogP contribution in [-0.4, -0.2) is 5.78 Å². The van der Waals surface area contributed by atoms with Gasteiger partial charge in [0.2, 0.25) is 0 Å². The fourth-order valence-corrected chi connectivity index (χ4v) is 5.76. The number of benzene rings is 2. The normalized spacial score (nSPS) is 23.9. The van der Waals surface area contributed by atoms with Gasteiger partial charge in [0.1, 0.15) is 5.78 Å². The van der Waals surface area contributed by atoms with Crippen molar-refractivity contribution in [3.63, 3.8) is 0 Å². The summed E-state index contributed by atoms with van der Waals surface area (Å²) in [5, 5.41) is 0. The van der Waals surface area contributed by atoms with Gasteiger partial charge in [0.15, 0.2) is 0 Å². The maximum Gasteiger partial charge on any atom is 0.137 e. The molecule has 0 saturated heterocycles. The molecule has 0 bridgehead atoms. The van der Waals surface area contributed by atoms with E-state index in [1.54, 1.807) is 6.92 Å². The van der Waals surface area contributed by atoms with Crippen molar-refractivity contribution < 1.29 is 4.79 Å². The van der Waals surface area contributed by atoms with Gasteiger partial charge in [0.05, 0.1) is 0 Å². The molecular formula is C32H40O. The molecule has 2 aromatic carbocycles. The van der Waals surface area contributed by atoms with Crippen LogP contribution in [0.1, 0.15) is 88.5 Å². The van der Waals surface area contributed by atoms with E-state index in [0.717, 1.165) is 25.2 Å². The van der Waals surface area contributed by atoms with E-state index in [0.29, 0.717) is 17.6 Å². The largest absolute Gasteiger partial charge is 0.299 e. The predicted octanol–water partition coefficient (Wildman–Crippen LogP) is 8.30. The molecule has 0 aromatic heterocycles. The highest BCUT2D eigenvalue weighted by atomic mass is 16.1. The molecule has 1 saturated carbocycles. The molecule has 0 spiro atoms. The number of hydrogen-bond donors (Lipinski definition) is 0. The monoisotopic (exact) mass is 440 g/mol. The van der Waals surface area contributed by atoms with Crippen LogP contribution < -0.4 is 0 Å². The zero-order valence-electron chi connectivity index (χ0n) is 21.1. The van der Waals surface area contributed by atoms with E-state index >= 15 is 0 Å². The summed E-state index contributed by atoms with van der Waals surface area (Å²) in [4.78, 5) is 12.7. The van der Waals surface area contributed by atoms with Crippen molar-refractivity contribution in [1.82, 2.24) is 0 Å². The van der Waals surface area contributed by atoms with Crippen molar-refractivity contribution in [3.05, 3.63) is 89.0 Å². The van der Waals surface area contributed by atoms with Crippen molar-refractivity contribution in [2.45, 2.75) is 78.1 Å². The SMILES string of the molecule is CC(=O)C(c1ccc(C2=CC(C)C=C2)cc1)C1CCC(Cc2ccc(C(C)(C)C)cc2)CC1. The maximum atomic E-state index is 12.7. The lowest BCUT2D eigenvalue weighted by molar-refractivity contribution is -0.120. The molecular weight excluding hydrogens is 400 g/mol. The summed E-state index contributed by atoms with van der Waals surface area (Å²) in [5.74, 6) is 2.07. The Morgan fingerprint density at radius 3 is 2.09 bits per heavy atom. The number of carbonyl (C=O) groups excluding carboxylic acids is 1. The number of allylic oxidation sites excluding steroid dienone is 4. The fraction of sp³-hybridized carbons (Fsp3) is 0.469. The van der Waals surface area contributed by atoms with Gasteiger partial charge in [-0.3, -0.25) is 4.79 Å². The Morgan fingerprint density at radius 2 is 1.58 bits per heavy atom. The third-order valence-electron chi connectivity index (χ3n) is 7.77. The minimum absolute atomic E-state index is 0.0399. The van der Waals surface area contributed by atoms with Gasteiger partial charge in [-0.15, -0.1) is 0 Å². The van der Waals surface area contributed by atoms with Gasteiger partial charge >= 0.3 is 0 Å². The summed E-state index contributed by atoms with van der Waals surface area (Å²) in [6, 6.07) is 18.0. The van der Waals surface area contributed by atoms with E-state index < -0.39 is 0 Å². The molecule has 1 fully saturated rings. The maximum absolute atomic E-state index is 12.7. The van der Waals surface area contributed by atoms with Gasteiger partial charge in [0, 0.05) is 5.92 Å². The first kappa shape index (κ1) is 23.7. The summed E-state index contributed by atoms with van der Waals surface area (Å²) in [6.07, 6.45) is 12.7. The van der Waals surface area contributed by atoms with Crippen LogP contribution in [0.2, 0.25) is 0 Å². The molecule has 1 heteroatoms. The smallest absolute Gasteiger partial charge is 0.137 e. The second-order valence-corrected chi connectivity index (χ2v) is 11.5. The zero-order valence-corrected chi connectivity index (χ0v) is 21.1. The summed E-state index contributed by atoms with van der Waals surface area (Å²) in [7, 11) is 0. The highest BCUT2D eigenvalue weighted by Gasteiger charge is 2.31. The molecule has 33 heavy (non-hydrogen) atoms. The Morgan fingerprint density at radius 1 is 0.939 bits per heavy atom. The highest BCUT2D eigenvalue weighted by molar-refractivity contribution is 5.84. The Balaban J connectivity index is 1.37. The molecule has 0 radical (unpaired) electrons. The zero-order chi connectivity index (χ0) is 23.6. The molecule has 4 rings (SSSR count). The second-order valence-electron chi connectivity index (χ2n) is 11.5. The minimum Gasteiger partial charge on any atom is -0.299 e. The second kappa shape index (κ2) is 9.84. The van der Waals surface area contributed by atoms with Crippen LogP contribution in [0.5, 0.6) is 0 Å². The molecule has 0 aliphatic heterocycles. The first-order chi connectivity index (χ1) is 15.7. The van der Waals surface area contributed by atoms with Crippen molar-refractivity contribution in [1.29, 1.82) is 0 Å². The van der Waals surface area contributed by atoms with Gasteiger partial charge in [0.25, 0.3) is 0 Å². The van der Waals surface area contributed by atoms with E-state index in [4.69, 9.17) is 0 Å². The third kappa shape index (κ3) is 5.75. The quantitative estimate of drug-likeness (QED) is 0.441. The lowest BCUT2D eigenvalue weighted by Gasteiger charge is -2.33. The van der Waals surface area contributed by atoms with E-state index in [2.05, 4.69) is 94.5 Å². The number of rotatable bonds is 6. The number of Topliss-reactive ketones (excluding diaryl/α,β-unsaturated/α-hetero) is 1. The fourth-order valence-electron chi connectivity index (χ4n) is 5.76. The van der Waals surface area contributed by atoms with Gasteiger partial charge < -0.3 is 0 Å². The predicted molar refractivity (Wildman–Crippen MR) is 140 cm³/mol. The van der Waals surface area contributed by atoms with Crippen LogP contribution in [-0.2, 0) is 16.6 Å². The molecule has 2 aromatic rings. The van der Waals surface area contributed by atoms with Crippen LogP contribution in [0.4, 0.5) is 0 Å². The van der Waals surface area contributed by atoms with Gasteiger partial charge in [-0.2, -0.15) is 0 Å². The van der Waals surface area contributed by atoms with E-state index in [1.807, 2.05) is 0 Å². The third-order valence-corrected chi connectivity index (χ3v) is 7.77. The Bertz CT molecular complexity index is 1010. The van der Waals surface area contributed by atoms with Crippen LogP contribution in [0.3, 0.4) is 0 Å². The van der Waals surface area contributed by atoms with E-state index in [1.165, 1.54) is 40.7 Å². The van der Waals surface area contributed by atoms with Crippen LogP contribution in [0.15, 0.2) is 66.8 Å². The summed E-state index contributed by atoms with van der Waals surface area (Å²) < 4.78 is 0. The van der Waals surface area contributed by atoms with Gasteiger partial charge in [-0.25, -0.2) is 0 Å². The van der Waals surface area contributed by atoms with E-state index in [-0.39, 0.29) is 11.3 Å². The van der Waals surface area contributed by atoms with Crippen LogP contribution in [0.25, 0.3) is 5.57 Å². The standard InChI is InChI=1S/C32H40O/c1-22-6-11-29(20-22)26-14-16-28(17-15-26)31(23(2)33)27-12-7-24(8-13-27)21-25-9-18-30(19-10-25)32(3,4)5/h6,9-11,14-20,22,24,27,31H,7-8,12-13,21H2,1-5H3. The Kier molecular flexibility index (Phi) is 7.07. The molecule has 0 N–H and O–H groups in total. The van der Waals surface area contributed by atoms with Crippen molar-refractivity contribution in [2.24, 2.45) is 17.8 Å². The summed E-state index contributed by atoms with van der Waals surface area (Å²) in [5.41, 5.74) is 6.81. The lowest BCUT2D eigenvalue weighted by Crippen LogP contribution is -2.25. The molecule has 0 amide bonds. The minimum atomic E-state index is 0.0399. The van der Waals surface area contributed by atoms with Crippen LogP contribution in [0, 0.1) is 17.8 Å². The number of ketones is 1. The number of hydrogen-bond acceptors (Lipinski definition) is 1.